The van der Waals surface area contributed by atoms with E-state index in [4.69, 9.17) is 12.2 Å². The highest BCUT2D eigenvalue weighted by Gasteiger charge is 2.40. The molecule has 6 nitrogen and oxygen atoms in total. The number of carboxylic acids is 1. The summed E-state index contributed by atoms with van der Waals surface area (Å²) in [6.45, 7) is 6.88. The maximum atomic E-state index is 11.8. The van der Waals surface area contributed by atoms with Crippen molar-refractivity contribution >= 4 is 23.3 Å². The maximum Gasteiger partial charge on any atom is 0.337 e. The molecule has 2 aromatic heterocycles. The second-order valence-corrected chi connectivity index (χ2v) is 7.78. The molecule has 1 saturated heterocycles. The Kier molecular flexibility index (Phi) is 5.30. The molecule has 7 heteroatoms. The van der Waals surface area contributed by atoms with Crippen LogP contribution in [-0.2, 0) is 0 Å². The number of hydrogen-bond acceptors (Lipinski definition) is 3. The van der Waals surface area contributed by atoms with Crippen LogP contribution in [0.1, 0.15) is 52.0 Å². The number of nitrogens with zero attached hydrogens (tertiary/aromatic N) is 3. The van der Waals surface area contributed by atoms with Gasteiger partial charge in [0, 0.05) is 24.1 Å². The summed E-state index contributed by atoms with van der Waals surface area (Å²) in [5.41, 5.74) is 4.95. The number of aromatic nitrogens is 2. The molecule has 0 bridgehead atoms. The van der Waals surface area contributed by atoms with Gasteiger partial charge in [-0.15, -0.1) is 0 Å². The van der Waals surface area contributed by atoms with E-state index < -0.39 is 5.97 Å². The molecule has 3 aromatic rings. The fourth-order valence-electron chi connectivity index (χ4n) is 4.39. The number of aromatic carboxylic acids is 1. The van der Waals surface area contributed by atoms with Crippen molar-refractivity contribution in [3.8, 4) is 5.69 Å². The maximum absolute atomic E-state index is 11.8. The van der Waals surface area contributed by atoms with E-state index >= 15 is 0 Å². The zero-order valence-corrected chi connectivity index (χ0v) is 18.0. The third kappa shape index (κ3) is 3.25. The van der Waals surface area contributed by atoms with E-state index in [1.54, 1.807) is 18.3 Å². The normalized spacial score (nSPS) is 18.5. The van der Waals surface area contributed by atoms with Gasteiger partial charge in [-0.3, -0.25) is 4.98 Å². The summed E-state index contributed by atoms with van der Waals surface area (Å²) in [4.78, 5) is 18.5. The van der Waals surface area contributed by atoms with Crippen LogP contribution < -0.4 is 5.32 Å². The molecule has 0 unspecified atom stereocenters. The second-order valence-electron chi connectivity index (χ2n) is 7.40. The fourth-order valence-corrected chi connectivity index (χ4v) is 4.76. The van der Waals surface area contributed by atoms with Gasteiger partial charge in [-0.2, -0.15) is 0 Å². The molecule has 0 spiro atoms. The summed E-state index contributed by atoms with van der Waals surface area (Å²) < 4.78 is 2.02. The standard InChI is InChI=1S/C23H24N4O2S/c1-4-26-21(20(25-23(26)30)18-10-7-8-12-24-18)17-13-14(2)27(15(17)3)19-11-6-5-9-16(19)22(28)29/h5-13,20-21H,4H2,1-3H3,(H,25,30)(H,28,29)/t20-,21+/m0/s1. The Morgan fingerprint density at radius 2 is 1.93 bits per heavy atom. The average molecular weight is 421 g/mol. The SMILES string of the molecule is CCN1C(=S)N[C@@H](c2ccccn2)[C@H]1c1cc(C)n(-c2ccccc2C(=O)O)c1C. The number of hydrogen-bond donors (Lipinski definition) is 2. The van der Waals surface area contributed by atoms with Gasteiger partial charge >= 0.3 is 5.97 Å². The molecular weight excluding hydrogens is 396 g/mol. The number of nitrogens with one attached hydrogen (secondary N) is 1. The van der Waals surface area contributed by atoms with Crippen molar-refractivity contribution < 1.29 is 9.90 Å². The summed E-state index contributed by atoms with van der Waals surface area (Å²) >= 11 is 5.63. The summed E-state index contributed by atoms with van der Waals surface area (Å²) in [6.07, 6.45) is 1.79. The molecule has 1 aromatic carbocycles. The Labute approximate surface area is 181 Å². The lowest BCUT2D eigenvalue weighted by molar-refractivity contribution is 0.0697. The van der Waals surface area contributed by atoms with Crippen molar-refractivity contribution in [1.82, 2.24) is 19.8 Å². The van der Waals surface area contributed by atoms with Crippen molar-refractivity contribution in [2.45, 2.75) is 32.9 Å². The molecule has 0 amide bonds. The lowest BCUT2D eigenvalue weighted by Crippen LogP contribution is -2.29. The first-order chi connectivity index (χ1) is 14.4. The fraction of sp³-hybridized carbons (Fsp3) is 0.261. The van der Waals surface area contributed by atoms with Gasteiger partial charge in [0.1, 0.15) is 0 Å². The molecule has 0 radical (unpaired) electrons. The van der Waals surface area contributed by atoms with Crippen LogP contribution in [0.25, 0.3) is 5.69 Å². The summed E-state index contributed by atoms with van der Waals surface area (Å²) in [5.74, 6) is -0.940. The average Bonchev–Trinajstić information content (AvgIpc) is 3.23. The first-order valence-corrected chi connectivity index (χ1v) is 10.3. The molecule has 3 heterocycles. The van der Waals surface area contributed by atoms with Crippen LogP contribution in [-0.4, -0.2) is 37.2 Å². The van der Waals surface area contributed by atoms with Crippen molar-refractivity contribution in [2.75, 3.05) is 6.54 Å². The van der Waals surface area contributed by atoms with Crippen LogP contribution in [0.5, 0.6) is 0 Å². The molecule has 1 aliphatic rings. The van der Waals surface area contributed by atoms with E-state index in [2.05, 4.69) is 28.2 Å². The minimum Gasteiger partial charge on any atom is -0.478 e. The van der Waals surface area contributed by atoms with Crippen LogP contribution in [0.4, 0.5) is 0 Å². The molecule has 0 saturated carbocycles. The summed E-state index contributed by atoms with van der Waals surface area (Å²) in [5, 5.41) is 13.8. The summed E-state index contributed by atoms with van der Waals surface area (Å²) in [6, 6.07) is 15.0. The Balaban J connectivity index is 1.87. The van der Waals surface area contributed by atoms with Gasteiger partial charge in [-0.05, 0) is 68.9 Å². The number of carbonyl (C=O) groups is 1. The number of rotatable bonds is 5. The van der Waals surface area contributed by atoms with Crippen LogP contribution in [0.2, 0.25) is 0 Å². The topological polar surface area (TPSA) is 70.4 Å². The number of carboxylic acid groups (broad SMARTS) is 1. The zero-order chi connectivity index (χ0) is 21.4. The quantitative estimate of drug-likeness (QED) is 0.604. The molecule has 1 aliphatic heterocycles. The number of para-hydroxylation sites is 1. The minimum atomic E-state index is -0.940. The largest absolute Gasteiger partial charge is 0.478 e. The lowest BCUT2D eigenvalue weighted by atomic mass is 9.97. The predicted octanol–water partition coefficient (Wildman–Crippen LogP) is 4.18. The highest BCUT2D eigenvalue weighted by molar-refractivity contribution is 7.80. The highest BCUT2D eigenvalue weighted by atomic mass is 32.1. The van der Waals surface area contributed by atoms with Crippen molar-refractivity contribution in [3.05, 3.63) is 82.9 Å². The van der Waals surface area contributed by atoms with Crippen molar-refractivity contribution in [2.24, 2.45) is 0 Å². The first-order valence-electron chi connectivity index (χ1n) is 9.93. The van der Waals surface area contributed by atoms with Crippen LogP contribution >= 0.6 is 12.2 Å². The van der Waals surface area contributed by atoms with Gasteiger partial charge < -0.3 is 19.9 Å². The number of benzene rings is 1. The molecule has 0 aliphatic carbocycles. The van der Waals surface area contributed by atoms with E-state index in [9.17, 15) is 9.90 Å². The Morgan fingerprint density at radius 3 is 2.60 bits per heavy atom. The van der Waals surface area contributed by atoms with Crippen LogP contribution in [0.3, 0.4) is 0 Å². The van der Waals surface area contributed by atoms with E-state index in [1.807, 2.05) is 48.7 Å². The van der Waals surface area contributed by atoms with E-state index in [-0.39, 0.29) is 17.6 Å². The smallest absolute Gasteiger partial charge is 0.337 e. The predicted molar refractivity (Wildman–Crippen MR) is 120 cm³/mol. The second kappa shape index (κ2) is 7.91. The Morgan fingerprint density at radius 1 is 1.20 bits per heavy atom. The number of aryl methyl sites for hydroxylation is 1. The van der Waals surface area contributed by atoms with Gasteiger partial charge in [0.05, 0.1) is 29.0 Å². The Bertz CT molecular complexity index is 1110. The van der Waals surface area contributed by atoms with Gasteiger partial charge in [0.25, 0.3) is 0 Å². The molecule has 4 rings (SSSR count). The molecule has 30 heavy (non-hydrogen) atoms. The van der Waals surface area contributed by atoms with Crippen molar-refractivity contribution in [1.29, 1.82) is 0 Å². The molecule has 2 N–H and O–H groups in total. The Hall–Kier alpha value is -3.19. The molecular formula is C23H24N4O2S. The first kappa shape index (κ1) is 20.1. The number of likely N-dealkylation sites (N-methyl/N-ethyl adjacent to an activating group) is 1. The monoisotopic (exact) mass is 420 g/mol. The van der Waals surface area contributed by atoms with E-state index in [0.29, 0.717) is 10.8 Å². The van der Waals surface area contributed by atoms with Gasteiger partial charge in [0.2, 0.25) is 0 Å². The molecule has 1 fully saturated rings. The number of pyridine rings is 1. The number of thiocarbonyl (C=S) groups is 1. The van der Waals surface area contributed by atoms with Crippen molar-refractivity contribution in [3.63, 3.8) is 0 Å². The third-order valence-electron chi connectivity index (χ3n) is 5.70. The van der Waals surface area contributed by atoms with E-state index in [1.165, 1.54) is 0 Å². The molecule has 2 atom stereocenters. The lowest BCUT2D eigenvalue weighted by Gasteiger charge is -2.27. The highest BCUT2D eigenvalue weighted by Crippen LogP contribution is 2.41. The third-order valence-corrected chi connectivity index (χ3v) is 6.06. The van der Waals surface area contributed by atoms with E-state index in [0.717, 1.165) is 29.2 Å². The van der Waals surface area contributed by atoms with Gasteiger partial charge in [-0.25, -0.2) is 4.79 Å². The van der Waals surface area contributed by atoms with Gasteiger partial charge in [-0.1, -0.05) is 18.2 Å². The van der Waals surface area contributed by atoms with Crippen LogP contribution in [0, 0.1) is 13.8 Å². The summed E-state index contributed by atoms with van der Waals surface area (Å²) in [7, 11) is 0. The van der Waals surface area contributed by atoms with Crippen LogP contribution in [0.15, 0.2) is 54.7 Å². The zero-order valence-electron chi connectivity index (χ0n) is 17.2. The molecule has 154 valence electrons. The minimum absolute atomic E-state index is 0.0330. The van der Waals surface area contributed by atoms with Gasteiger partial charge in [0.15, 0.2) is 5.11 Å².